The van der Waals surface area contributed by atoms with Crippen molar-refractivity contribution in [1.82, 2.24) is 0 Å². The second-order valence-electron chi connectivity index (χ2n) is 2.72. The number of aromatic hydroxyl groups is 3. The van der Waals surface area contributed by atoms with Crippen molar-refractivity contribution in [1.29, 1.82) is 0 Å². The Balaban J connectivity index is 3.35. The van der Waals surface area contributed by atoms with Crippen LogP contribution < -0.4 is 0 Å². The van der Waals surface area contributed by atoms with E-state index < -0.39 is 35.3 Å². The third kappa shape index (κ3) is 1.69. The van der Waals surface area contributed by atoms with Crippen LogP contribution >= 0.6 is 0 Å². The molecule has 0 aliphatic heterocycles. The summed E-state index contributed by atoms with van der Waals surface area (Å²) in [7, 11) is 0. The van der Waals surface area contributed by atoms with Crippen LogP contribution in [0, 0.1) is 0 Å². The number of hydrogen-bond donors (Lipinski definition) is 4. The van der Waals surface area contributed by atoms with Gasteiger partial charge in [0.05, 0.1) is 0 Å². The second-order valence-corrected chi connectivity index (χ2v) is 2.72. The molecular weight excluding hydrogens is 198 g/mol. The van der Waals surface area contributed by atoms with Gasteiger partial charge in [-0.15, -0.1) is 0 Å². The third-order valence-electron chi connectivity index (χ3n) is 1.65. The standard InChI is InChI=1S/C8H8F2O4/c9-8(10,3-11)7-5(13)1-4(12)2-6(7)14/h1-2,11-14H,3H2. The molecule has 1 aromatic rings. The minimum Gasteiger partial charge on any atom is -0.508 e. The molecule has 0 aliphatic rings. The van der Waals surface area contributed by atoms with E-state index in [0.29, 0.717) is 12.1 Å². The molecule has 0 heterocycles. The summed E-state index contributed by atoms with van der Waals surface area (Å²) in [6.45, 7) is -1.54. The zero-order chi connectivity index (χ0) is 10.9. The first-order valence-electron chi connectivity index (χ1n) is 3.62. The number of alkyl halides is 2. The molecule has 78 valence electrons. The fourth-order valence-electron chi connectivity index (χ4n) is 1.05. The summed E-state index contributed by atoms with van der Waals surface area (Å²) >= 11 is 0. The molecule has 0 amide bonds. The van der Waals surface area contributed by atoms with Crippen LogP contribution in [-0.2, 0) is 5.92 Å². The van der Waals surface area contributed by atoms with Gasteiger partial charge in [-0.2, -0.15) is 8.78 Å². The molecule has 0 unspecified atom stereocenters. The summed E-state index contributed by atoms with van der Waals surface area (Å²) in [5.74, 6) is -6.23. The lowest BCUT2D eigenvalue weighted by Crippen LogP contribution is -2.18. The van der Waals surface area contributed by atoms with Gasteiger partial charge in [0.2, 0.25) is 0 Å². The number of phenols is 3. The van der Waals surface area contributed by atoms with Gasteiger partial charge in [-0.05, 0) is 0 Å². The maximum atomic E-state index is 12.9. The Morgan fingerprint density at radius 3 is 1.86 bits per heavy atom. The van der Waals surface area contributed by atoms with Gasteiger partial charge in [-0.1, -0.05) is 0 Å². The number of halogens is 2. The maximum Gasteiger partial charge on any atom is 0.302 e. The number of rotatable bonds is 2. The van der Waals surface area contributed by atoms with E-state index in [1.165, 1.54) is 0 Å². The van der Waals surface area contributed by atoms with Gasteiger partial charge in [0.25, 0.3) is 0 Å². The van der Waals surface area contributed by atoms with E-state index in [1.54, 1.807) is 0 Å². The molecule has 0 saturated carbocycles. The molecule has 14 heavy (non-hydrogen) atoms. The van der Waals surface area contributed by atoms with Crippen molar-refractivity contribution in [3.8, 4) is 17.2 Å². The summed E-state index contributed by atoms with van der Waals surface area (Å²) in [5, 5.41) is 35.2. The van der Waals surface area contributed by atoms with Crippen molar-refractivity contribution < 1.29 is 29.2 Å². The van der Waals surface area contributed by atoms with Crippen molar-refractivity contribution in [3.63, 3.8) is 0 Å². The first-order valence-corrected chi connectivity index (χ1v) is 3.62. The van der Waals surface area contributed by atoms with E-state index in [2.05, 4.69) is 0 Å². The second kappa shape index (κ2) is 3.30. The van der Waals surface area contributed by atoms with E-state index >= 15 is 0 Å². The summed E-state index contributed by atoms with van der Waals surface area (Å²) in [4.78, 5) is 0. The average Bonchev–Trinajstić information content (AvgIpc) is 2.01. The normalized spacial score (nSPS) is 11.6. The summed E-state index contributed by atoms with van der Waals surface area (Å²) in [6.07, 6.45) is 0. The highest BCUT2D eigenvalue weighted by atomic mass is 19.3. The Kier molecular flexibility index (Phi) is 2.48. The number of hydrogen-bond acceptors (Lipinski definition) is 4. The first-order chi connectivity index (χ1) is 6.38. The molecule has 0 fully saturated rings. The largest absolute Gasteiger partial charge is 0.508 e. The average molecular weight is 206 g/mol. The van der Waals surface area contributed by atoms with Crippen LogP contribution in [0.1, 0.15) is 5.56 Å². The van der Waals surface area contributed by atoms with E-state index in [9.17, 15) is 8.78 Å². The van der Waals surface area contributed by atoms with Gasteiger partial charge in [-0.25, -0.2) is 0 Å². The van der Waals surface area contributed by atoms with Gasteiger partial charge in [0.15, 0.2) is 0 Å². The van der Waals surface area contributed by atoms with Gasteiger partial charge in [-0.3, -0.25) is 0 Å². The molecule has 4 N–H and O–H groups in total. The van der Waals surface area contributed by atoms with Gasteiger partial charge >= 0.3 is 5.92 Å². The Labute approximate surface area is 77.7 Å². The third-order valence-corrected chi connectivity index (χ3v) is 1.65. The van der Waals surface area contributed by atoms with Gasteiger partial charge < -0.3 is 20.4 Å². The Hall–Kier alpha value is -1.56. The van der Waals surface area contributed by atoms with Crippen LogP contribution in [-0.4, -0.2) is 27.0 Å². The monoisotopic (exact) mass is 206 g/mol. The minimum absolute atomic E-state index is 0.544. The molecule has 0 aromatic heterocycles. The molecule has 0 aliphatic carbocycles. The molecule has 1 aromatic carbocycles. The van der Waals surface area contributed by atoms with Gasteiger partial charge in [0.1, 0.15) is 29.4 Å². The zero-order valence-electron chi connectivity index (χ0n) is 6.91. The number of aliphatic hydroxyl groups is 1. The molecule has 0 spiro atoms. The van der Waals surface area contributed by atoms with Gasteiger partial charge in [0, 0.05) is 12.1 Å². The molecule has 0 bridgehead atoms. The van der Waals surface area contributed by atoms with Crippen molar-refractivity contribution >= 4 is 0 Å². The Morgan fingerprint density at radius 1 is 1.07 bits per heavy atom. The predicted molar refractivity (Wildman–Crippen MR) is 42.4 cm³/mol. The zero-order valence-corrected chi connectivity index (χ0v) is 6.91. The SMILES string of the molecule is OCC(F)(F)c1c(O)cc(O)cc1O. The van der Waals surface area contributed by atoms with Crippen molar-refractivity contribution in [3.05, 3.63) is 17.7 Å². The van der Waals surface area contributed by atoms with Crippen LogP contribution in [0.2, 0.25) is 0 Å². The molecular formula is C8H8F2O4. The van der Waals surface area contributed by atoms with Crippen LogP contribution in [0.5, 0.6) is 17.2 Å². The van der Waals surface area contributed by atoms with E-state index in [-0.39, 0.29) is 0 Å². The van der Waals surface area contributed by atoms with Crippen LogP contribution in [0.15, 0.2) is 12.1 Å². The molecule has 4 nitrogen and oxygen atoms in total. The van der Waals surface area contributed by atoms with E-state index in [0.717, 1.165) is 0 Å². The number of phenolic OH excluding ortho intramolecular Hbond substituents is 3. The quantitative estimate of drug-likeness (QED) is 0.579. The van der Waals surface area contributed by atoms with Crippen molar-refractivity contribution in [2.45, 2.75) is 5.92 Å². The highest BCUT2D eigenvalue weighted by molar-refractivity contribution is 5.50. The fourth-order valence-corrected chi connectivity index (χ4v) is 1.05. The molecule has 0 radical (unpaired) electrons. The lowest BCUT2D eigenvalue weighted by Gasteiger charge is -2.16. The van der Waals surface area contributed by atoms with Crippen molar-refractivity contribution in [2.75, 3.05) is 6.61 Å². The van der Waals surface area contributed by atoms with E-state index in [4.69, 9.17) is 20.4 Å². The molecule has 6 heteroatoms. The highest BCUT2D eigenvalue weighted by Crippen LogP contribution is 2.42. The lowest BCUT2D eigenvalue weighted by atomic mass is 10.1. The highest BCUT2D eigenvalue weighted by Gasteiger charge is 2.37. The first kappa shape index (κ1) is 10.5. The van der Waals surface area contributed by atoms with Crippen LogP contribution in [0.25, 0.3) is 0 Å². The Morgan fingerprint density at radius 2 is 1.50 bits per heavy atom. The number of benzene rings is 1. The minimum atomic E-state index is -3.75. The molecule has 0 saturated heterocycles. The molecule has 0 atom stereocenters. The molecule has 1 rings (SSSR count). The Bertz CT molecular complexity index is 328. The summed E-state index contributed by atoms with van der Waals surface area (Å²) in [6, 6.07) is 1.30. The number of aliphatic hydroxyl groups excluding tert-OH is 1. The van der Waals surface area contributed by atoms with Crippen LogP contribution in [0.3, 0.4) is 0 Å². The van der Waals surface area contributed by atoms with Crippen molar-refractivity contribution in [2.24, 2.45) is 0 Å². The topological polar surface area (TPSA) is 80.9 Å². The van der Waals surface area contributed by atoms with E-state index in [1.807, 2.05) is 0 Å². The smallest absolute Gasteiger partial charge is 0.302 e. The summed E-state index contributed by atoms with van der Waals surface area (Å²) in [5.41, 5.74) is -1.10. The lowest BCUT2D eigenvalue weighted by molar-refractivity contribution is -0.0586. The fraction of sp³-hybridized carbons (Fsp3) is 0.250. The maximum absolute atomic E-state index is 12.9. The van der Waals surface area contributed by atoms with Crippen LogP contribution in [0.4, 0.5) is 8.78 Å². The predicted octanol–water partition coefficient (Wildman–Crippen LogP) is 0.887. The summed E-state index contributed by atoms with van der Waals surface area (Å²) < 4.78 is 25.8.